The van der Waals surface area contributed by atoms with E-state index >= 15 is 0 Å². The molecule has 118 valence electrons. The normalized spacial score (nSPS) is 19.8. The molecule has 22 heavy (non-hydrogen) atoms. The Morgan fingerprint density at radius 1 is 1.18 bits per heavy atom. The summed E-state index contributed by atoms with van der Waals surface area (Å²) in [5.41, 5.74) is -0.617. The van der Waals surface area contributed by atoms with Crippen LogP contribution in [0.25, 0.3) is 0 Å². The first-order valence-corrected chi connectivity index (χ1v) is 8.01. The number of amides is 3. The van der Waals surface area contributed by atoms with E-state index in [1.54, 1.807) is 24.3 Å². The smallest absolute Gasteiger partial charge is 0.325 e. The van der Waals surface area contributed by atoms with Gasteiger partial charge in [-0.25, -0.2) is 4.79 Å². The van der Waals surface area contributed by atoms with Crippen LogP contribution in [0.5, 0.6) is 5.75 Å². The fourth-order valence-electron chi connectivity index (χ4n) is 3.14. The topological polar surface area (TPSA) is 58.6 Å². The first kappa shape index (κ1) is 15.2. The van der Waals surface area contributed by atoms with Crippen LogP contribution in [0.3, 0.4) is 0 Å². The summed E-state index contributed by atoms with van der Waals surface area (Å²) in [5.74, 6) is 0.662. The molecule has 3 rings (SSSR count). The van der Waals surface area contributed by atoms with Crippen molar-refractivity contribution in [3.8, 4) is 5.75 Å². The van der Waals surface area contributed by atoms with Gasteiger partial charge in [0.2, 0.25) is 0 Å². The van der Waals surface area contributed by atoms with Crippen LogP contribution in [0.15, 0.2) is 24.3 Å². The van der Waals surface area contributed by atoms with Crippen molar-refractivity contribution in [3.63, 3.8) is 0 Å². The first-order chi connectivity index (χ1) is 10.6. The van der Waals surface area contributed by atoms with Crippen molar-refractivity contribution >= 4 is 23.5 Å². The molecule has 2 aliphatic rings. The van der Waals surface area contributed by atoms with Gasteiger partial charge in [-0.05, 0) is 43.5 Å². The van der Waals surface area contributed by atoms with Crippen molar-refractivity contribution < 1.29 is 14.3 Å². The summed E-state index contributed by atoms with van der Waals surface area (Å²) in [6, 6.07) is 6.85. The maximum absolute atomic E-state index is 12.4. The maximum Gasteiger partial charge on any atom is 0.325 e. The number of hydrogen-bond donors (Lipinski definition) is 1. The summed E-state index contributed by atoms with van der Waals surface area (Å²) in [6.45, 7) is 0.839. The summed E-state index contributed by atoms with van der Waals surface area (Å²) in [5, 5.41) is 3.54. The molecular formula is C16H19ClN2O3. The van der Waals surface area contributed by atoms with Gasteiger partial charge in [-0.1, -0.05) is 24.4 Å². The van der Waals surface area contributed by atoms with Gasteiger partial charge < -0.3 is 10.1 Å². The number of nitrogens with one attached hydrogen (secondary N) is 1. The van der Waals surface area contributed by atoms with E-state index in [-0.39, 0.29) is 11.9 Å². The third-order valence-electron chi connectivity index (χ3n) is 4.31. The van der Waals surface area contributed by atoms with E-state index in [4.69, 9.17) is 16.3 Å². The summed E-state index contributed by atoms with van der Waals surface area (Å²) in [4.78, 5) is 25.7. The molecule has 5 nitrogen and oxygen atoms in total. The number of halogens is 1. The number of urea groups is 1. The number of imide groups is 1. The van der Waals surface area contributed by atoms with Crippen LogP contribution in [-0.4, -0.2) is 35.5 Å². The second kappa shape index (κ2) is 6.16. The Balaban J connectivity index is 1.48. The van der Waals surface area contributed by atoms with Gasteiger partial charge in [-0.15, -0.1) is 0 Å². The van der Waals surface area contributed by atoms with Gasteiger partial charge in [0.1, 0.15) is 11.3 Å². The van der Waals surface area contributed by atoms with Crippen LogP contribution in [0, 0.1) is 0 Å². The second-order valence-corrected chi connectivity index (χ2v) is 6.27. The van der Waals surface area contributed by atoms with Crippen LogP contribution in [0.1, 0.15) is 32.1 Å². The molecule has 0 aromatic heterocycles. The summed E-state index contributed by atoms with van der Waals surface area (Å²) in [6.07, 6.45) is 4.13. The molecular weight excluding hydrogens is 304 g/mol. The molecule has 2 fully saturated rings. The third kappa shape index (κ3) is 2.90. The lowest BCUT2D eigenvalue weighted by molar-refractivity contribution is -0.131. The van der Waals surface area contributed by atoms with Crippen molar-refractivity contribution in [2.24, 2.45) is 0 Å². The highest BCUT2D eigenvalue weighted by atomic mass is 35.5. The largest absolute Gasteiger partial charge is 0.494 e. The summed E-state index contributed by atoms with van der Waals surface area (Å²) >= 11 is 5.81. The number of hydrogen-bond acceptors (Lipinski definition) is 3. The summed E-state index contributed by atoms with van der Waals surface area (Å²) < 4.78 is 5.58. The van der Waals surface area contributed by atoms with E-state index < -0.39 is 5.54 Å². The average Bonchev–Trinajstić information content (AvgIpc) is 3.06. The van der Waals surface area contributed by atoms with Crippen molar-refractivity contribution in [2.45, 2.75) is 37.6 Å². The average molecular weight is 323 g/mol. The molecule has 1 aliphatic carbocycles. The molecule has 3 amide bonds. The predicted octanol–water partition coefficient (Wildman–Crippen LogP) is 2.97. The van der Waals surface area contributed by atoms with Crippen LogP contribution in [0.2, 0.25) is 5.02 Å². The van der Waals surface area contributed by atoms with E-state index in [9.17, 15) is 9.59 Å². The maximum atomic E-state index is 12.4. The Labute approximate surface area is 134 Å². The van der Waals surface area contributed by atoms with Crippen LogP contribution in [0.4, 0.5) is 4.79 Å². The molecule has 1 aromatic rings. The predicted molar refractivity (Wildman–Crippen MR) is 83.0 cm³/mol. The van der Waals surface area contributed by atoms with Crippen molar-refractivity contribution in [1.82, 2.24) is 10.2 Å². The third-order valence-corrected chi connectivity index (χ3v) is 4.56. The Morgan fingerprint density at radius 2 is 1.86 bits per heavy atom. The molecule has 0 radical (unpaired) electrons. The summed E-state index contributed by atoms with van der Waals surface area (Å²) in [7, 11) is 0. The number of carbonyl (C=O) groups excluding carboxylic acids is 2. The molecule has 1 aliphatic heterocycles. The van der Waals surface area contributed by atoms with Crippen molar-refractivity contribution in [3.05, 3.63) is 29.3 Å². The zero-order chi connectivity index (χ0) is 15.6. The molecule has 0 unspecified atom stereocenters. The number of nitrogens with zero attached hydrogens (tertiary/aromatic N) is 1. The lowest BCUT2D eigenvalue weighted by Gasteiger charge is -2.20. The van der Waals surface area contributed by atoms with Gasteiger partial charge in [0, 0.05) is 11.6 Å². The van der Waals surface area contributed by atoms with E-state index in [1.165, 1.54) is 4.90 Å². The standard InChI is InChI=1S/C16H19ClN2O3/c17-12-4-6-13(7-5-12)22-11-3-10-19-14(20)16(18-15(19)21)8-1-2-9-16/h4-7H,1-3,8-11H2,(H,18,21). The van der Waals surface area contributed by atoms with E-state index in [0.717, 1.165) is 31.4 Å². The van der Waals surface area contributed by atoms with Crippen molar-refractivity contribution in [1.29, 1.82) is 0 Å². The minimum atomic E-state index is -0.617. The monoisotopic (exact) mass is 322 g/mol. The molecule has 1 saturated heterocycles. The number of carbonyl (C=O) groups is 2. The quantitative estimate of drug-likeness (QED) is 0.669. The molecule has 1 saturated carbocycles. The molecule has 1 spiro atoms. The van der Waals surface area contributed by atoms with E-state index in [1.807, 2.05) is 0 Å². The molecule has 1 heterocycles. The SMILES string of the molecule is O=C1NC2(CCCC2)C(=O)N1CCCOc1ccc(Cl)cc1. The molecule has 0 bridgehead atoms. The Morgan fingerprint density at radius 3 is 2.55 bits per heavy atom. The van der Waals surface area contributed by atoms with Gasteiger partial charge in [-0.3, -0.25) is 9.69 Å². The Hall–Kier alpha value is -1.75. The lowest BCUT2D eigenvalue weighted by Crippen LogP contribution is -2.44. The molecule has 1 aromatic carbocycles. The minimum Gasteiger partial charge on any atom is -0.494 e. The Bertz CT molecular complexity index is 567. The lowest BCUT2D eigenvalue weighted by atomic mass is 9.98. The zero-order valence-electron chi connectivity index (χ0n) is 12.3. The van der Waals surface area contributed by atoms with E-state index in [0.29, 0.717) is 24.6 Å². The number of benzene rings is 1. The second-order valence-electron chi connectivity index (χ2n) is 5.83. The van der Waals surface area contributed by atoms with Crippen LogP contribution < -0.4 is 10.1 Å². The molecule has 1 N–H and O–H groups in total. The first-order valence-electron chi connectivity index (χ1n) is 7.63. The van der Waals surface area contributed by atoms with Gasteiger partial charge in [0.05, 0.1) is 6.61 Å². The van der Waals surface area contributed by atoms with Crippen molar-refractivity contribution in [2.75, 3.05) is 13.2 Å². The van der Waals surface area contributed by atoms with Crippen LogP contribution >= 0.6 is 11.6 Å². The van der Waals surface area contributed by atoms with Gasteiger partial charge in [0.25, 0.3) is 5.91 Å². The molecule has 0 atom stereocenters. The minimum absolute atomic E-state index is 0.0681. The number of ether oxygens (including phenoxy) is 1. The van der Waals surface area contributed by atoms with Crippen LogP contribution in [-0.2, 0) is 4.79 Å². The van der Waals surface area contributed by atoms with Gasteiger partial charge >= 0.3 is 6.03 Å². The highest BCUT2D eigenvalue weighted by Gasteiger charge is 2.51. The van der Waals surface area contributed by atoms with Gasteiger partial charge in [0.15, 0.2) is 0 Å². The highest BCUT2D eigenvalue weighted by Crippen LogP contribution is 2.35. The van der Waals surface area contributed by atoms with Gasteiger partial charge in [-0.2, -0.15) is 0 Å². The number of rotatable bonds is 5. The fourth-order valence-corrected chi connectivity index (χ4v) is 3.27. The molecule has 6 heteroatoms. The highest BCUT2D eigenvalue weighted by molar-refractivity contribution is 6.30. The fraction of sp³-hybridized carbons (Fsp3) is 0.500. The Kier molecular flexibility index (Phi) is 4.25. The zero-order valence-corrected chi connectivity index (χ0v) is 13.1. The van der Waals surface area contributed by atoms with E-state index in [2.05, 4.69) is 5.32 Å².